The number of carbonyl (C=O) groups is 1. The van der Waals surface area contributed by atoms with Gasteiger partial charge in [0.25, 0.3) is 0 Å². The summed E-state index contributed by atoms with van der Waals surface area (Å²) in [5.41, 5.74) is 7.10. The Bertz CT molecular complexity index is 706. The smallest absolute Gasteiger partial charge is 0.226 e. The van der Waals surface area contributed by atoms with E-state index in [4.69, 9.17) is 15.2 Å². The van der Waals surface area contributed by atoms with Gasteiger partial charge in [-0.2, -0.15) is 0 Å². The zero-order chi connectivity index (χ0) is 18.9. The molecule has 0 atom stereocenters. The predicted octanol–water partition coefficient (Wildman–Crippen LogP) is 2.59. The van der Waals surface area contributed by atoms with Crippen LogP contribution in [0.1, 0.15) is 37.7 Å². The van der Waals surface area contributed by atoms with Crippen molar-refractivity contribution in [3.05, 3.63) is 41.7 Å². The van der Waals surface area contributed by atoms with Gasteiger partial charge in [0, 0.05) is 31.4 Å². The summed E-state index contributed by atoms with van der Waals surface area (Å²) in [6.45, 7) is 1.79. The van der Waals surface area contributed by atoms with Crippen LogP contribution in [0.25, 0.3) is 0 Å². The Kier molecular flexibility index (Phi) is 4.95. The van der Waals surface area contributed by atoms with E-state index in [-0.39, 0.29) is 35.9 Å². The second-order valence-corrected chi connectivity index (χ2v) is 8.24. The molecule has 4 aliphatic rings. The Morgan fingerprint density at radius 3 is 2.52 bits per heavy atom. The molecule has 3 N–H and O–H groups in total. The van der Waals surface area contributed by atoms with Gasteiger partial charge in [-0.25, -0.2) is 4.39 Å². The van der Waals surface area contributed by atoms with Gasteiger partial charge >= 0.3 is 0 Å². The zero-order valence-electron chi connectivity index (χ0n) is 15.5. The lowest BCUT2D eigenvalue weighted by atomic mass is 9.33. The SMILES string of the molecule is NC/C(=C\F)COc1ccc(C23CC(C(=O)NC4CCOCC4)(C2)C3)cc1. The molecule has 0 spiro atoms. The minimum absolute atomic E-state index is 0.146. The molecule has 3 saturated carbocycles. The van der Waals surface area contributed by atoms with E-state index in [0.717, 1.165) is 45.3 Å². The van der Waals surface area contributed by atoms with Crippen molar-refractivity contribution in [1.29, 1.82) is 0 Å². The third-order valence-electron chi connectivity index (χ3n) is 6.38. The Labute approximate surface area is 159 Å². The number of nitrogens with two attached hydrogens (primary N) is 1. The molecule has 27 heavy (non-hydrogen) atoms. The maximum Gasteiger partial charge on any atom is 0.226 e. The normalized spacial score (nSPS) is 30.2. The van der Waals surface area contributed by atoms with Crippen LogP contribution in [0.2, 0.25) is 0 Å². The monoisotopic (exact) mass is 374 g/mol. The molecule has 1 saturated heterocycles. The summed E-state index contributed by atoms with van der Waals surface area (Å²) in [5.74, 6) is 0.925. The van der Waals surface area contributed by atoms with Crippen molar-refractivity contribution in [3.63, 3.8) is 0 Å². The summed E-state index contributed by atoms with van der Waals surface area (Å²) in [5, 5.41) is 3.23. The maximum absolute atomic E-state index is 12.7. The molecule has 3 aliphatic carbocycles. The molecule has 0 radical (unpaired) electrons. The van der Waals surface area contributed by atoms with E-state index in [9.17, 15) is 9.18 Å². The number of hydrogen-bond donors (Lipinski definition) is 2. The summed E-state index contributed by atoms with van der Waals surface area (Å²) in [6, 6.07) is 8.23. The van der Waals surface area contributed by atoms with Crippen LogP contribution in [-0.2, 0) is 14.9 Å². The molecule has 1 aromatic carbocycles. The first-order valence-corrected chi connectivity index (χ1v) is 9.69. The molecule has 4 fully saturated rings. The highest BCUT2D eigenvalue weighted by Crippen LogP contribution is 2.73. The van der Waals surface area contributed by atoms with Crippen LogP contribution in [0.5, 0.6) is 5.75 Å². The van der Waals surface area contributed by atoms with Gasteiger partial charge < -0.3 is 20.5 Å². The molecule has 5 nitrogen and oxygen atoms in total. The third-order valence-corrected chi connectivity index (χ3v) is 6.38. The molecular weight excluding hydrogens is 347 g/mol. The summed E-state index contributed by atoms with van der Waals surface area (Å²) in [7, 11) is 0. The van der Waals surface area contributed by atoms with Crippen molar-refractivity contribution in [3.8, 4) is 5.75 Å². The number of halogens is 1. The van der Waals surface area contributed by atoms with Crippen molar-refractivity contribution < 1.29 is 18.7 Å². The third kappa shape index (κ3) is 3.36. The fourth-order valence-corrected chi connectivity index (χ4v) is 4.73. The lowest BCUT2D eigenvalue weighted by Crippen LogP contribution is -2.70. The van der Waals surface area contributed by atoms with Crippen LogP contribution in [0.4, 0.5) is 4.39 Å². The molecule has 0 unspecified atom stereocenters. The van der Waals surface area contributed by atoms with E-state index >= 15 is 0 Å². The summed E-state index contributed by atoms with van der Waals surface area (Å²) in [4.78, 5) is 12.7. The predicted molar refractivity (Wildman–Crippen MR) is 100 cm³/mol. The Hall–Kier alpha value is -1.92. The second kappa shape index (κ2) is 7.24. The van der Waals surface area contributed by atoms with Gasteiger partial charge in [-0.3, -0.25) is 4.79 Å². The van der Waals surface area contributed by atoms with Crippen molar-refractivity contribution in [2.45, 2.75) is 43.6 Å². The fraction of sp³-hybridized carbons (Fsp3) is 0.571. The first-order valence-electron chi connectivity index (χ1n) is 9.69. The quantitative estimate of drug-likeness (QED) is 0.769. The topological polar surface area (TPSA) is 73.6 Å². The van der Waals surface area contributed by atoms with E-state index < -0.39 is 0 Å². The average molecular weight is 374 g/mol. The highest BCUT2D eigenvalue weighted by molar-refractivity contribution is 5.87. The van der Waals surface area contributed by atoms with Crippen LogP contribution in [0, 0.1) is 5.41 Å². The number of amides is 1. The number of carbonyl (C=O) groups excluding carboxylic acids is 1. The number of rotatable bonds is 7. The minimum atomic E-state index is -0.157. The molecule has 6 heteroatoms. The number of hydrogen-bond acceptors (Lipinski definition) is 4. The van der Waals surface area contributed by atoms with Gasteiger partial charge in [0.05, 0.1) is 11.7 Å². The molecule has 1 heterocycles. The Morgan fingerprint density at radius 1 is 1.26 bits per heavy atom. The van der Waals surface area contributed by atoms with Crippen LogP contribution >= 0.6 is 0 Å². The molecule has 146 valence electrons. The van der Waals surface area contributed by atoms with Crippen LogP contribution in [-0.4, -0.2) is 38.3 Å². The van der Waals surface area contributed by atoms with E-state index in [1.54, 1.807) is 0 Å². The maximum atomic E-state index is 12.7. The highest BCUT2D eigenvalue weighted by Gasteiger charge is 2.71. The van der Waals surface area contributed by atoms with Gasteiger partial charge in [-0.1, -0.05) is 12.1 Å². The molecule has 1 amide bonds. The standard InChI is InChI=1S/C21H27FN2O3/c22-9-15(10-23)11-27-18-3-1-16(2-4-18)20-12-21(13-20,14-20)19(25)24-17-5-7-26-8-6-17/h1-4,9,17H,5-8,10-14,23H2,(H,24,25)/b15-9+. The largest absolute Gasteiger partial charge is 0.489 e. The highest BCUT2D eigenvalue weighted by atomic mass is 19.1. The van der Waals surface area contributed by atoms with Crippen molar-refractivity contribution in [1.82, 2.24) is 5.32 Å². The number of benzene rings is 1. The van der Waals surface area contributed by atoms with Crippen molar-refractivity contribution >= 4 is 5.91 Å². The first-order chi connectivity index (χ1) is 13.1. The number of ether oxygens (including phenoxy) is 2. The van der Waals surface area contributed by atoms with E-state index in [0.29, 0.717) is 17.7 Å². The second-order valence-electron chi connectivity index (χ2n) is 8.24. The Balaban J connectivity index is 1.30. The van der Waals surface area contributed by atoms with E-state index in [2.05, 4.69) is 17.4 Å². The van der Waals surface area contributed by atoms with Gasteiger partial charge in [0.15, 0.2) is 0 Å². The van der Waals surface area contributed by atoms with Crippen LogP contribution in [0.15, 0.2) is 36.2 Å². The lowest BCUT2D eigenvalue weighted by Gasteiger charge is -2.69. The van der Waals surface area contributed by atoms with Crippen LogP contribution in [0.3, 0.4) is 0 Å². The van der Waals surface area contributed by atoms with Gasteiger partial charge in [-0.15, -0.1) is 0 Å². The first kappa shape index (κ1) is 18.4. The molecular formula is C21H27FN2O3. The fourth-order valence-electron chi connectivity index (χ4n) is 4.73. The van der Waals surface area contributed by atoms with Gasteiger partial charge in [0.1, 0.15) is 12.4 Å². The zero-order valence-corrected chi connectivity index (χ0v) is 15.5. The molecule has 1 aromatic rings. The molecule has 5 rings (SSSR count). The summed E-state index contributed by atoms with van der Waals surface area (Å²) in [6.07, 6.45) is 5.11. The summed E-state index contributed by atoms with van der Waals surface area (Å²) < 4.78 is 23.4. The van der Waals surface area contributed by atoms with Crippen molar-refractivity contribution in [2.24, 2.45) is 11.1 Å². The average Bonchev–Trinajstić information content (AvgIpc) is 2.62. The summed E-state index contributed by atoms with van der Waals surface area (Å²) >= 11 is 0. The molecule has 1 aliphatic heterocycles. The van der Waals surface area contributed by atoms with Gasteiger partial charge in [0.2, 0.25) is 5.91 Å². The van der Waals surface area contributed by atoms with E-state index in [1.807, 2.05) is 12.1 Å². The van der Waals surface area contributed by atoms with E-state index in [1.165, 1.54) is 5.56 Å². The molecule has 0 aromatic heterocycles. The minimum Gasteiger partial charge on any atom is -0.489 e. The lowest BCUT2D eigenvalue weighted by molar-refractivity contribution is -0.177. The van der Waals surface area contributed by atoms with Crippen molar-refractivity contribution in [2.75, 3.05) is 26.4 Å². The van der Waals surface area contributed by atoms with Crippen LogP contribution < -0.4 is 15.8 Å². The molecule has 2 bridgehead atoms. The Morgan fingerprint density at radius 2 is 1.93 bits per heavy atom. The number of nitrogens with one attached hydrogen (secondary N) is 1. The van der Waals surface area contributed by atoms with Gasteiger partial charge in [-0.05, 0) is 55.2 Å².